The molecule has 4 heterocycles. The van der Waals surface area contributed by atoms with Crippen LogP contribution in [-0.4, -0.2) is 37.9 Å². The predicted molar refractivity (Wildman–Crippen MR) is 106 cm³/mol. The van der Waals surface area contributed by atoms with Crippen molar-refractivity contribution in [2.24, 2.45) is 7.05 Å². The topological polar surface area (TPSA) is 75.9 Å². The molecule has 2 N–H and O–H groups in total. The number of hydrogen-bond acceptors (Lipinski definition) is 5. The van der Waals surface area contributed by atoms with Crippen LogP contribution in [0.15, 0.2) is 42.7 Å². The van der Waals surface area contributed by atoms with Crippen LogP contribution in [0, 0.1) is 0 Å². The van der Waals surface area contributed by atoms with Gasteiger partial charge in [0.1, 0.15) is 5.75 Å². The molecule has 1 aliphatic rings. The van der Waals surface area contributed by atoms with E-state index >= 15 is 0 Å². The van der Waals surface area contributed by atoms with E-state index in [4.69, 9.17) is 4.98 Å². The first-order valence-electron chi connectivity index (χ1n) is 9.31. The highest BCUT2D eigenvalue weighted by molar-refractivity contribution is 5.89. The maximum Gasteiger partial charge on any atom is 0.127 e. The van der Waals surface area contributed by atoms with E-state index in [-0.39, 0.29) is 5.75 Å². The minimum absolute atomic E-state index is 0.187. The van der Waals surface area contributed by atoms with Crippen molar-refractivity contribution in [3.63, 3.8) is 0 Å². The van der Waals surface area contributed by atoms with Gasteiger partial charge in [-0.2, -0.15) is 5.10 Å². The SMILES string of the molecule is Cn1cc2cc(-c3cc4ccc(C5CCNCC5)nc4cn3)c(O)cc2n1. The Kier molecular flexibility index (Phi) is 3.79. The third-order valence-electron chi connectivity index (χ3n) is 5.37. The summed E-state index contributed by atoms with van der Waals surface area (Å²) in [7, 11) is 1.87. The highest BCUT2D eigenvalue weighted by Crippen LogP contribution is 2.33. The summed E-state index contributed by atoms with van der Waals surface area (Å²) in [6.07, 6.45) is 6.00. The molecule has 5 rings (SSSR count). The number of benzene rings is 1. The largest absolute Gasteiger partial charge is 0.507 e. The number of pyridine rings is 2. The minimum Gasteiger partial charge on any atom is -0.507 e. The number of fused-ring (bicyclic) bond motifs is 2. The van der Waals surface area contributed by atoms with Crippen molar-refractivity contribution in [1.82, 2.24) is 25.1 Å². The van der Waals surface area contributed by atoms with Crippen LogP contribution in [0.2, 0.25) is 0 Å². The lowest BCUT2D eigenvalue weighted by Crippen LogP contribution is -2.27. The van der Waals surface area contributed by atoms with E-state index in [9.17, 15) is 5.11 Å². The number of rotatable bonds is 2. The second kappa shape index (κ2) is 6.32. The van der Waals surface area contributed by atoms with E-state index in [0.29, 0.717) is 11.5 Å². The molecule has 0 amide bonds. The van der Waals surface area contributed by atoms with Gasteiger partial charge in [-0.1, -0.05) is 6.07 Å². The summed E-state index contributed by atoms with van der Waals surface area (Å²) < 4.78 is 1.74. The van der Waals surface area contributed by atoms with Gasteiger partial charge < -0.3 is 10.4 Å². The first-order valence-corrected chi connectivity index (χ1v) is 9.31. The zero-order valence-electron chi connectivity index (χ0n) is 15.2. The van der Waals surface area contributed by atoms with Crippen LogP contribution in [0.3, 0.4) is 0 Å². The first kappa shape index (κ1) is 16.2. The van der Waals surface area contributed by atoms with Gasteiger partial charge in [0.05, 0.1) is 22.9 Å². The van der Waals surface area contributed by atoms with Crippen LogP contribution < -0.4 is 5.32 Å². The Hall–Kier alpha value is -2.99. The van der Waals surface area contributed by atoms with E-state index in [0.717, 1.165) is 59.1 Å². The van der Waals surface area contributed by atoms with E-state index in [2.05, 4.69) is 27.5 Å². The van der Waals surface area contributed by atoms with Crippen LogP contribution in [-0.2, 0) is 7.05 Å². The summed E-state index contributed by atoms with van der Waals surface area (Å²) in [5.41, 5.74) is 4.27. The molecule has 0 aliphatic carbocycles. The van der Waals surface area contributed by atoms with Crippen molar-refractivity contribution in [2.75, 3.05) is 13.1 Å². The molecule has 6 nitrogen and oxygen atoms in total. The van der Waals surface area contributed by atoms with Gasteiger partial charge in [-0.25, -0.2) is 0 Å². The number of phenolic OH excluding ortho intramolecular Hbond substituents is 1. The molecule has 0 radical (unpaired) electrons. The Morgan fingerprint density at radius 3 is 2.78 bits per heavy atom. The molecule has 6 heteroatoms. The molecule has 3 aromatic heterocycles. The van der Waals surface area contributed by atoms with Crippen LogP contribution >= 0.6 is 0 Å². The van der Waals surface area contributed by atoms with Crippen LogP contribution in [0.5, 0.6) is 5.75 Å². The van der Waals surface area contributed by atoms with Gasteiger partial charge in [-0.15, -0.1) is 0 Å². The average molecular weight is 359 g/mol. The van der Waals surface area contributed by atoms with Gasteiger partial charge in [0.2, 0.25) is 0 Å². The highest BCUT2D eigenvalue weighted by Gasteiger charge is 2.17. The van der Waals surface area contributed by atoms with Gasteiger partial charge in [-0.05, 0) is 44.1 Å². The number of phenols is 1. The first-order chi connectivity index (χ1) is 13.2. The summed E-state index contributed by atoms with van der Waals surface area (Å²) in [4.78, 5) is 9.42. The fraction of sp³-hybridized carbons (Fsp3) is 0.286. The molecule has 4 aromatic rings. The molecular weight excluding hydrogens is 338 g/mol. The molecule has 1 fully saturated rings. The van der Waals surface area contributed by atoms with Gasteiger partial charge in [-0.3, -0.25) is 14.6 Å². The molecule has 0 atom stereocenters. The summed E-state index contributed by atoms with van der Waals surface area (Å²) >= 11 is 0. The molecule has 0 saturated carbocycles. The average Bonchev–Trinajstić information content (AvgIpc) is 3.06. The molecule has 1 aliphatic heterocycles. The Bertz CT molecular complexity index is 1140. The Morgan fingerprint density at radius 1 is 1.07 bits per heavy atom. The Morgan fingerprint density at radius 2 is 1.93 bits per heavy atom. The molecule has 27 heavy (non-hydrogen) atoms. The van der Waals surface area contributed by atoms with Gasteiger partial charge in [0.25, 0.3) is 0 Å². The monoisotopic (exact) mass is 359 g/mol. The third kappa shape index (κ3) is 2.92. The molecular formula is C21H21N5O. The molecule has 0 bridgehead atoms. The molecule has 1 aromatic carbocycles. The molecule has 0 unspecified atom stereocenters. The normalized spacial score (nSPS) is 15.6. The maximum atomic E-state index is 10.4. The number of aromatic nitrogens is 4. The Labute approximate surface area is 156 Å². The van der Waals surface area contributed by atoms with Crippen molar-refractivity contribution < 1.29 is 5.11 Å². The summed E-state index contributed by atoms with van der Waals surface area (Å²) in [5, 5.41) is 20.2. The van der Waals surface area contributed by atoms with Crippen molar-refractivity contribution in [1.29, 1.82) is 0 Å². The quantitative estimate of drug-likeness (QED) is 0.574. The van der Waals surface area contributed by atoms with E-state index in [1.54, 1.807) is 10.7 Å². The van der Waals surface area contributed by atoms with E-state index in [1.165, 1.54) is 0 Å². The number of nitrogens with zero attached hydrogens (tertiary/aromatic N) is 4. The smallest absolute Gasteiger partial charge is 0.127 e. The van der Waals surface area contributed by atoms with Gasteiger partial charge >= 0.3 is 0 Å². The maximum absolute atomic E-state index is 10.4. The Balaban J connectivity index is 1.55. The number of nitrogens with one attached hydrogen (secondary N) is 1. The number of aromatic hydroxyl groups is 1. The fourth-order valence-electron chi connectivity index (χ4n) is 3.92. The van der Waals surface area contributed by atoms with Crippen molar-refractivity contribution in [3.8, 4) is 17.0 Å². The molecule has 0 spiro atoms. The zero-order valence-corrected chi connectivity index (χ0v) is 15.2. The summed E-state index contributed by atoms with van der Waals surface area (Å²) in [5.74, 6) is 0.708. The van der Waals surface area contributed by atoms with Crippen LogP contribution in [0.1, 0.15) is 24.5 Å². The van der Waals surface area contributed by atoms with Crippen LogP contribution in [0.25, 0.3) is 33.1 Å². The van der Waals surface area contributed by atoms with Crippen molar-refractivity contribution >= 4 is 21.8 Å². The van der Waals surface area contributed by atoms with E-state index < -0.39 is 0 Å². The molecule has 136 valence electrons. The lowest BCUT2D eigenvalue weighted by atomic mass is 9.94. The van der Waals surface area contributed by atoms with Gasteiger partial charge in [0.15, 0.2) is 0 Å². The lowest BCUT2D eigenvalue weighted by molar-refractivity contribution is 0.454. The number of aryl methyl sites for hydroxylation is 1. The lowest BCUT2D eigenvalue weighted by Gasteiger charge is -2.22. The third-order valence-corrected chi connectivity index (χ3v) is 5.37. The summed E-state index contributed by atoms with van der Waals surface area (Å²) in [6.45, 7) is 2.11. The summed E-state index contributed by atoms with van der Waals surface area (Å²) in [6, 6.07) is 9.86. The van der Waals surface area contributed by atoms with Crippen LogP contribution in [0.4, 0.5) is 0 Å². The van der Waals surface area contributed by atoms with Crippen molar-refractivity contribution in [2.45, 2.75) is 18.8 Å². The van der Waals surface area contributed by atoms with E-state index in [1.807, 2.05) is 31.6 Å². The minimum atomic E-state index is 0.187. The second-order valence-electron chi connectivity index (χ2n) is 7.25. The van der Waals surface area contributed by atoms with Crippen molar-refractivity contribution in [3.05, 3.63) is 48.4 Å². The number of hydrogen-bond donors (Lipinski definition) is 2. The highest BCUT2D eigenvalue weighted by atomic mass is 16.3. The predicted octanol–water partition coefficient (Wildman–Crippen LogP) is 3.36. The zero-order chi connectivity index (χ0) is 18.4. The van der Waals surface area contributed by atoms with Gasteiger partial charge in [0, 0.05) is 47.3 Å². The number of piperidine rings is 1. The standard InChI is InChI=1S/C21H21N5O/c1-26-12-15-8-16(21(27)10-18(15)25-26)19-9-14-2-3-17(24-20(14)11-23-19)13-4-6-22-7-5-13/h2-3,8-13,22,27H,4-7H2,1H3. The molecule has 1 saturated heterocycles. The second-order valence-corrected chi connectivity index (χ2v) is 7.25. The fourth-order valence-corrected chi connectivity index (χ4v) is 3.92.